The second-order valence-electron chi connectivity index (χ2n) is 5.99. The molecule has 3 atom stereocenters. The van der Waals surface area contributed by atoms with Gasteiger partial charge in [0.25, 0.3) is 0 Å². The van der Waals surface area contributed by atoms with Gasteiger partial charge in [-0.3, -0.25) is 0 Å². The molecular weight excluding hydrogens is 339 g/mol. The van der Waals surface area contributed by atoms with Crippen LogP contribution in [0.5, 0.6) is 5.75 Å². The summed E-state index contributed by atoms with van der Waals surface area (Å²) in [5, 5.41) is 12.5. The molecule has 0 spiro atoms. The minimum absolute atomic E-state index is 0.579. The Morgan fingerprint density at radius 1 is 0.885 bits per heavy atom. The van der Waals surface area contributed by atoms with E-state index >= 15 is 0 Å². The van der Waals surface area contributed by atoms with E-state index in [2.05, 4.69) is 40.4 Å². The molecular formula is C23H29O2P. The van der Waals surface area contributed by atoms with Gasteiger partial charge in [0.05, 0.1) is 0 Å². The van der Waals surface area contributed by atoms with Crippen molar-refractivity contribution in [3.63, 3.8) is 0 Å². The van der Waals surface area contributed by atoms with Crippen LogP contribution in [0.3, 0.4) is 0 Å². The maximum Gasteiger partial charge on any atom is 0.224 e. The van der Waals surface area contributed by atoms with Gasteiger partial charge in [0.2, 0.25) is 6.29 Å². The first-order chi connectivity index (χ1) is 12.7. The standard InChI is InChI=1S/C21H23O2P.C2H6/c1-2-15(14-24)17-8-9-19-13-20(11-10-18(19)12-17)23-21(22)16-6-4-3-5-7-16;1-2/h3-13,15,21-22H,2,14,24H2,1H3;1-2H3. The van der Waals surface area contributed by atoms with Gasteiger partial charge in [0, 0.05) is 5.56 Å². The highest BCUT2D eigenvalue weighted by Crippen LogP contribution is 2.29. The number of fused-ring (bicyclic) bond motifs is 1. The predicted molar refractivity (Wildman–Crippen MR) is 115 cm³/mol. The predicted octanol–water partition coefficient (Wildman–Crippen LogP) is 6.30. The van der Waals surface area contributed by atoms with E-state index in [1.807, 2.05) is 56.3 Å². The Kier molecular flexibility index (Phi) is 8.09. The molecule has 0 fully saturated rings. The fourth-order valence-electron chi connectivity index (χ4n) is 2.92. The Balaban J connectivity index is 0.00000117. The van der Waals surface area contributed by atoms with Crippen LogP contribution < -0.4 is 4.74 Å². The molecule has 0 amide bonds. The van der Waals surface area contributed by atoms with Crippen molar-refractivity contribution in [2.24, 2.45) is 0 Å². The molecule has 2 nitrogen and oxygen atoms in total. The lowest BCUT2D eigenvalue weighted by Gasteiger charge is -2.16. The van der Waals surface area contributed by atoms with Gasteiger partial charge in [-0.2, -0.15) is 0 Å². The molecule has 0 bridgehead atoms. The van der Waals surface area contributed by atoms with Gasteiger partial charge >= 0.3 is 0 Å². The maximum absolute atomic E-state index is 10.2. The van der Waals surface area contributed by atoms with Crippen LogP contribution in [0.15, 0.2) is 66.7 Å². The van der Waals surface area contributed by atoms with Gasteiger partial charge in [-0.1, -0.05) is 75.4 Å². The molecule has 26 heavy (non-hydrogen) atoms. The lowest BCUT2D eigenvalue weighted by Crippen LogP contribution is -2.06. The summed E-state index contributed by atoms with van der Waals surface area (Å²) < 4.78 is 5.68. The molecule has 0 radical (unpaired) electrons. The van der Waals surface area contributed by atoms with Crippen LogP contribution >= 0.6 is 9.24 Å². The molecule has 0 heterocycles. The van der Waals surface area contributed by atoms with Crippen LogP contribution in [0.4, 0.5) is 0 Å². The van der Waals surface area contributed by atoms with E-state index in [0.717, 1.165) is 23.5 Å². The molecule has 0 aromatic heterocycles. The number of aliphatic hydroxyl groups is 1. The van der Waals surface area contributed by atoms with E-state index < -0.39 is 6.29 Å². The molecule has 3 aromatic rings. The van der Waals surface area contributed by atoms with Crippen molar-refractivity contribution in [1.82, 2.24) is 0 Å². The van der Waals surface area contributed by atoms with Gasteiger partial charge in [0.1, 0.15) is 5.75 Å². The zero-order valence-electron chi connectivity index (χ0n) is 15.9. The highest BCUT2D eigenvalue weighted by molar-refractivity contribution is 7.16. The first-order valence-corrected chi connectivity index (χ1v) is 10.2. The summed E-state index contributed by atoms with van der Waals surface area (Å²) in [6.45, 7) is 6.22. The summed E-state index contributed by atoms with van der Waals surface area (Å²) in [5.74, 6) is 1.25. The lowest BCUT2D eigenvalue weighted by atomic mass is 9.95. The Bertz CT molecular complexity index is 798. The maximum atomic E-state index is 10.2. The summed E-state index contributed by atoms with van der Waals surface area (Å²) >= 11 is 0. The van der Waals surface area contributed by atoms with Crippen molar-refractivity contribution >= 4 is 20.0 Å². The van der Waals surface area contributed by atoms with E-state index in [-0.39, 0.29) is 0 Å². The average molecular weight is 368 g/mol. The monoisotopic (exact) mass is 368 g/mol. The molecule has 3 rings (SSSR count). The van der Waals surface area contributed by atoms with Crippen molar-refractivity contribution in [2.45, 2.75) is 39.4 Å². The summed E-state index contributed by atoms with van der Waals surface area (Å²) in [6.07, 6.45) is 1.26. The number of aliphatic hydroxyl groups excluding tert-OH is 1. The average Bonchev–Trinajstić information content (AvgIpc) is 2.71. The Morgan fingerprint density at radius 3 is 2.19 bits per heavy atom. The van der Waals surface area contributed by atoms with Crippen molar-refractivity contribution in [3.8, 4) is 5.75 Å². The van der Waals surface area contributed by atoms with Gasteiger partial charge in [-0.15, -0.1) is 9.24 Å². The molecule has 0 aliphatic rings. The highest BCUT2D eigenvalue weighted by Gasteiger charge is 2.10. The molecule has 3 aromatic carbocycles. The first kappa shape index (κ1) is 20.4. The summed E-state index contributed by atoms with van der Waals surface area (Å²) in [7, 11) is 2.84. The van der Waals surface area contributed by atoms with Crippen LogP contribution in [0.25, 0.3) is 10.8 Å². The number of rotatable bonds is 6. The lowest BCUT2D eigenvalue weighted by molar-refractivity contribution is -0.0193. The number of ether oxygens (including phenoxy) is 1. The van der Waals surface area contributed by atoms with Crippen molar-refractivity contribution < 1.29 is 9.84 Å². The third-order valence-electron chi connectivity index (χ3n) is 4.42. The van der Waals surface area contributed by atoms with Crippen molar-refractivity contribution in [1.29, 1.82) is 0 Å². The van der Waals surface area contributed by atoms with Crippen LogP contribution in [-0.2, 0) is 0 Å². The van der Waals surface area contributed by atoms with E-state index in [4.69, 9.17) is 4.74 Å². The van der Waals surface area contributed by atoms with Gasteiger partial charge in [-0.25, -0.2) is 0 Å². The number of hydrogen-bond acceptors (Lipinski definition) is 2. The summed E-state index contributed by atoms with van der Waals surface area (Å²) in [6, 6.07) is 21.9. The minimum Gasteiger partial charge on any atom is -0.461 e. The van der Waals surface area contributed by atoms with E-state index in [1.54, 1.807) is 0 Å². The third kappa shape index (κ3) is 5.06. The fraction of sp³-hybridized carbons (Fsp3) is 0.304. The second-order valence-corrected chi connectivity index (χ2v) is 6.46. The van der Waals surface area contributed by atoms with E-state index in [1.165, 1.54) is 10.9 Å². The molecule has 0 saturated heterocycles. The van der Waals surface area contributed by atoms with Crippen molar-refractivity contribution in [3.05, 3.63) is 77.9 Å². The van der Waals surface area contributed by atoms with Crippen LogP contribution in [0.1, 0.15) is 50.5 Å². The van der Waals surface area contributed by atoms with Crippen LogP contribution in [-0.4, -0.2) is 11.3 Å². The fourth-order valence-corrected chi connectivity index (χ4v) is 3.53. The molecule has 3 heteroatoms. The highest BCUT2D eigenvalue weighted by atomic mass is 31.0. The molecule has 138 valence electrons. The van der Waals surface area contributed by atoms with E-state index in [0.29, 0.717) is 11.7 Å². The minimum atomic E-state index is -0.954. The number of benzene rings is 3. The Morgan fingerprint density at radius 2 is 1.54 bits per heavy atom. The van der Waals surface area contributed by atoms with E-state index in [9.17, 15) is 5.11 Å². The van der Waals surface area contributed by atoms with Crippen LogP contribution in [0.2, 0.25) is 0 Å². The van der Waals surface area contributed by atoms with Crippen molar-refractivity contribution in [2.75, 3.05) is 6.16 Å². The topological polar surface area (TPSA) is 29.5 Å². The summed E-state index contributed by atoms with van der Waals surface area (Å²) in [4.78, 5) is 0. The van der Waals surface area contributed by atoms with Gasteiger partial charge in [0.15, 0.2) is 0 Å². The molecule has 0 aliphatic carbocycles. The largest absolute Gasteiger partial charge is 0.461 e. The van der Waals surface area contributed by atoms with Gasteiger partial charge < -0.3 is 9.84 Å². The Hall–Kier alpha value is -1.89. The zero-order valence-corrected chi connectivity index (χ0v) is 17.0. The molecule has 0 saturated carbocycles. The smallest absolute Gasteiger partial charge is 0.224 e. The Labute approximate surface area is 159 Å². The molecule has 3 unspecified atom stereocenters. The normalized spacial score (nSPS) is 12.8. The molecule has 1 N–H and O–H groups in total. The molecule has 0 aliphatic heterocycles. The first-order valence-electron chi connectivity index (χ1n) is 9.34. The number of hydrogen-bond donors (Lipinski definition) is 1. The second kappa shape index (κ2) is 10.3. The SMILES string of the molecule is CC.CCC(CP)c1ccc2cc(OC(O)c3ccccc3)ccc2c1. The summed E-state index contributed by atoms with van der Waals surface area (Å²) in [5.41, 5.74) is 2.12. The van der Waals surface area contributed by atoms with Crippen LogP contribution in [0, 0.1) is 0 Å². The zero-order chi connectivity index (χ0) is 18.9. The quantitative estimate of drug-likeness (QED) is 0.408. The third-order valence-corrected chi connectivity index (χ3v) is 4.99. The van der Waals surface area contributed by atoms with Gasteiger partial charge in [-0.05, 0) is 47.0 Å².